The molecule has 6 nitrogen and oxygen atoms in total. The van der Waals surface area contributed by atoms with E-state index in [0.717, 1.165) is 0 Å². The maximum atomic E-state index is 10.5. The van der Waals surface area contributed by atoms with Crippen LogP contribution in [0.1, 0.15) is 6.92 Å². The van der Waals surface area contributed by atoms with Gasteiger partial charge in [0.2, 0.25) is 11.8 Å². The highest BCUT2D eigenvalue weighted by Crippen LogP contribution is 1.88. The first-order chi connectivity index (χ1) is 5.54. The number of hydrogen-bond acceptors (Lipinski definition) is 4. The highest BCUT2D eigenvalue weighted by atomic mass is 16.6. The second-order valence-corrected chi connectivity index (χ2v) is 2.41. The van der Waals surface area contributed by atoms with Crippen LogP contribution in [-0.2, 0) is 14.4 Å². The van der Waals surface area contributed by atoms with Crippen molar-refractivity contribution in [2.45, 2.75) is 6.92 Å². The average molecular weight is 175 g/mol. The fourth-order valence-electron chi connectivity index (χ4n) is 0.407. The van der Waals surface area contributed by atoms with Gasteiger partial charge in [0.25, 0.3) is 0 Å². The van der Waals surface area contributed by atoms with E-state index in [4.69, 9.17) is 11.5 Å². The maximum absolute atomic E-state index is 10.5. The van der Waals surface area contributed by atoms with Crippen molar-refractivity contribution in [1.29, 1.82) is 0 Å². The van der Waals surface area contributed by atoms with Gasteiger partial charge in [-0.25, -0.2) is 5.48 Å². The van der Waals surface area contributed by atoms with Gasteiger partial charge in [-0.1, -0.05) is 6.92 Å². The molecule has 12 heavy (non-hydrogen) atoms. The van der Waals surface area contributed by atoms with E-state index < -0.39 is 11.8 Å². The average Bonchev–Trinajstić information content (AvgIpc) is 1.97. The summed E-state index contributed by atoms with van der Waals surface area (Å²) in [4.78, 5) is 25.2. The molecule has 0 saturated carbocycles. The minimum atomic E-state index is -0.575. The number of carbonyl (C=O) groups excluding carboxylic acids is 2. The summed E-state index contributed by atoms with van der Waals surface area (Å²) in [6, 6.07) is 0. The summed E-state index contributed by atoms with van der Waals surface area (Å²) >= 11 is 0. The normalized spacial score (nSPS) is 12.4. The monoisotopic (exact) mass is 175 g/mol. The smallest absolute Gasteiger partial charge is 0.245 e. The Balaban J connectivity index is 3.31. The SMILES string of the molecule is CC(CNOCC(N)=O)C(N)=O. The molecular formula is C6H13N3O3. The topological polar surface area (TPSA) is 107 Å². The summed E-state index contributed by atoms with van der Waals surface area (Å²) in [5, 5.41) is 0. The molecule has 0 aliphatic heterocycles. The summed E-state index contributed by atoms with van der Waals surface area (Å²) in [5.41, 5.74) is 12.1. The number of nitrogens with two attached hydrogens (primary N) is 2. The van der Waals surface area contributed by atoms with Gasteiger partial charge < -0.3 is 11.5 Å². The van der Waals surface area contributed by atoms with Crippen LogP contribution >= 0.6 is 0 Å². The third-order valence-corrected chi connectivity index (χ3v) is 1.19. The van der Waals surface area contributed by atoms with Crippen LogP contribution in [0, 0.1) is 5.92 Å². The van der Waals surface area contributed by atoms with Crippen LogP contribution in [0.3, 0.4) is 0 Å². The van der Waals surface area contributed by atoms with Gasteiger partial charge in [0.15, 0.2) is 0 Å². The van der Waals surface area contributed by atoms with Crippen molar-refractivity contribution in [3.8, 4) is 0 Å². The van der Waals surface area contributed by atoms with E-state index in [1.165, 1.54) is 0 Å². The predicted molar refractivity (Wildman–Crippen MR) is 41.5 cm³/mol. The second-order valence-electron chi connectivity index (χ2n) is 2.41. The molecule has 0 aromatic carbocycles. The molecule has 0 aliphatic carbocycles. The van der Waals surface area contributed by atoms with Gasteiger partial charge in [0.1, 0.15) is 6.61 Å². The van der Waals surface area contributed by atoms with E-state index in [2.05, 4.69) is 10.3 Å². The van der Waals surface area contributed by atoms with Crippen molar-refractivity contribution in [2.75, 3.05) is 13.2 Å². The maximum Gasteiger partial charge on any atom is 0.245 e. The summed E-state index contributed by atoms with van der Waals surface area (Å²) in [6.45, 7) is 1.69. The highest BCUT2D eigenvalue weighted by Gasteiger charge is 2.07. The Bertz CT molecular complexity index is 171. The third-order valence-electron chi connectivity index (χ3n) is 1.19. The molecule has 5 N–H and O–H groups in total. The van der Waals surface area contributed by atoms with E-state index in [1.54, 1.807) is 6.92 Å². The highest BCUT2D eigenvalue weighted by molar-refractivity contribution is 5.76. The molecule has 0 bridgehead atoms. The van der Waals surface area contributed by atoms with Crippen LogP contribution in [0.5, 0.6) is 0 Å². The van der Waals surface area contributed by atoms with Crippen molar-refractivity contribution >= 4 is 11.8 Å². The first-order valence-electron chi connectivity index (χ1n) is 3.46. The Labute approximate surface area is 70.2 Å². The molecule has 0 radical (unpaired) electrons. The number of carbonyl (C=O) groups is 2. The number of primary amides is 2. The molecule has 1 atom stereocenters. The zero-order chi connectivity index (χ0) is 9.56. The largest absolute Gasteiger partial charge is 0.369 e. The molecule has 2 amide bonds. The van der Waals surface area contributed by atoms with E-state index in [1.807, 2.05) is 0 Å². The molecule has 0 spiro atoms. The lowest BCUT2D eigenvalue weighted by atomic mass is 10.2. The van der Waals surface area contributed by atoms with E-state index in [0.29, 0.717) is 0 Å². The number of hydrogen-bond donors (Lipinski definition) is 3. The zero-order valence-electron chi connectivity index (χ0n) is 6.87. The summed E-state index contributed by atoms with van der Waals surface area (Å²) < 4.78 is 0. The molecule has 0 rings (SSSR count). The van der Waals surface area contributed by atoms with Crippen LogP contribution in [0.4, 0.5) is 0 Å². The molecule has 0 fully saturated rings. The van der Waals surface area contributed by atoms with Gasteiger partial charge in [-0.2, -0.15) is 0 Å². The van der Waals surface area contributed by atoms with E-state index in [-0.39, 0.29) is 19.1 Å². The molecule has 0 heterocycles. The van der Waals surface area contributed by atoms with Crippen LogP contribution in [0.25, 0.3) is 0 Å². The van der Waals surface area contributed by atoms with Gasteiger partial charge in [-0.05, 0) is 0 Å². The van der Waals surface area contributed by atoms with Crippen LogP contribution in [0.2, 0.25) is 0 Å². The lowest BCUT2D eigenvalue weighted by Gasteiger charge is -2.07. The fourth-order valence-corrected chi connectivity index (χ4v) is 0.407. The standard InChI is InChI=1S/C6H13N3O3/c1-4(6(8)11)2-9-12-3-5(7)10/h4,9H,2-3H2,1H3,(H2,7,10)(H2,8,11). The quantitative estimate of drug-likeness (QED) is 0.324. The van der Waals surface area contributed by atoms with Crippen LogP contribution in [0.15, 0.2) is 0 Å². The zero-order valence-corrected chi connectivity index (χ0v) is 6.87. The van der Waals surface area contributed by atoms with Crippen molar-refractivity contribution in [1.82, 2.24) is 5.48 Å². The van der Waals surface area contributed by atoms with Gasteiger partial charge >= 0.3 is 0 Å². The van der Waals surface area contributed by atoms with Crippen LogP contribution in [-0.4, -0.2) is 25.0 Å². The lowest BCUT2D eigenvalue weighted by Crippen LogP contribution is -2.33. The summed E-state index contributed by atoms with van der Waals surface area (Å²) in [5.74, 6) is -1.34. The predicted octanol–water partition coefficient (Wildman–Crippen LogP) is -1.89. The minimum Gasteiger partial charge on any atom is -0.369 e. The van der Waals surface area contributed by atoms with Crippen molar-refractivity contribution in [3.63, 3.8) is 0 Å². The number of rotatable bonds is 6. The van der Waals surface area contributed by atoms with E-state index >= 15 is 0 Å². The van der Waals surface area contributed by atoms with Gasteiger partial charge in [-0.15, -0.1) is 0 Å². The van der Waals surface area contributed by atoms with Gasteiger partial charge in [0, 0.05) is 12.5 Å². The summed E-state index contributed by atoms with van der Waals surface area (Å²) in [7, 11) is 0. The fraction of sp³-hybridized carbons (Fsp3) is 0.667. The molecular weight excluding hydrogens is 162 g/mol. The van der Waals surface area contributed by atoms with Crippen molar-refractivity contribution in [3.05, 3.63) is 0 Å². The molecule has 0 aromatic rings. The molecule has 0 saturated heterocycles. The lowest BCUT2D eigenvalue weighted by molar-refractivity contribution is -0.126. The van der Waals surface area contributed by atoms with Crippen molar-refractivity contribution < 1.29 is 14.4 Å². The first-order valence-corrected chi connectivity index (χ1v) is 3.46. The van der Waals surface area contributed by atoms with Crippen LogP contribution < -0.4 is 16.9 Å². The number of hydroxylamine groups is 1. The number of amides is 2. The Hall–Kier alpha value is -1.14. The molecule has 70 valence electrons. The number of nitrogens with one attached hydrogen (secondary N) is 1. The minimum absolute atomic E-state index is 0.217. The Morgan fingerprint density at radius 1 is 1.50 bits per heavy atom. The molecule has 0 aliphatic rings. The molecule has 0 aromatic heterocycles. The molecule has 1 unspecified atom stereocenters. The Morgan fingerprint density at radius 2 is 2.08 bits per heavy atom. The Morgan fingerprint density at radius 3 is 2.50 bits per heavy atom. The van der Waals surface area contributed by atoms with Gasteiger partial charge in [-0.3, -0.25) is 14.4 Å². The Kier molecular flexibility index (Phi) is 4.98. The third kappa shape index (κ3) is 5.63. The first kappa shape index (κ1) is 10.9. The van der Waals surface area contributed by atoms with E-state index in [9.17, 15) is 9.59 Å². The molecule has 6 heteroatoms. The summed E-state index contributed by atoms with van der Waals surface area (Å²) in [6.07, 6.45) is 0. The van der Waals surface area contributed by atoms with Crippen molar-refractivity contribution in [2.24, 2.45) is 17.4 Å². The van der Waals surface area contributed by atoms with Gasteiger partial charge in [0.05, 0.1) is 0 Å². The second kappa shape index (κ2) is 5.50.